The molecular formula is C21H20N4O6S. The summed E-state index contributed by atoms with van der Waals surface area (Å²) in [5.41, 5.74) is 1.29. The Hall–Kier alpha value is -3.44. The lowest BCUT2D eigenvalue weighted by Crippen LogP contribution is -2.23. The van der Waals surface area contributed by atoms with Crippen molar-refractivity contribution in [3.05, 3.63) is 70.3 Å². The number of hydrogen-bond donors (Lipinski definition) is 1. The van der Waals surface area contributed by atoms with E-state index in [1.165, 1.54) is 29.9 Å². The van der Waals surface area contributed by atoms with Crippen LogP contribution in [0.5, 0.6) is 5.75 Å². The molecule has 32 heavy (non-hydrogen) atoms. The first-order valence-electron chi connectivity index (χ1n) is 10.0. The summed E-state index contributed by atoms with van der Waals surface area (Å²) in [6.45, 7) is 0.122. The highest BCUT2D eigenvalue weighted by Crippen LogP contribution is 2.38. The summed E-state index contributed by atoms with van der Waals surface area (Å²) < 4.78 is 45.2. The molecule has 0 radical (unpaired) electrons. The van der Waals surface area contributed by atoms with E-state index in [0.717, 1.165) is 12.8 Å². The van der Waals surface area contributed by atoms with E-state index in [-0.39, 0.29) is 23.6 Å². The van der Waals surface area contributed by atoms with Crippen LogP contribution in [-0.2, 0) is 23.1 Å². The average Bonchev–Trinajstić information content (AvgIpc) is 3.46. The van der Waals surface area contributed by atoms with Crippen molar-refractivity contribution in [2.45, 2.75) is 36.7 Å². The minimum atomic E-state index is -3.85. The summed E-state index contributed by atoms with van der Waals surface area (Å²) in [4.78, 5) is 16.7. The first kappa shape index (κ1) is 20.5. The molecule has 2 aromatic carbocycles. The maximum atomic E-state index is 12.8. The Morgan fingerprint density at radius 1 is 1.22 bits per heavy atom. The zero-order valence-corrected chi connectivity index (χ0v) is 18.0. The van der Waals surface area contributed by atoms with Crippen molar-refractivity contribution in [3.8, 4) is 5.75 Å². The highest BCUT2D eigenvalue weighted by atomic mass is 32.2. The zero-order chi connectivity index (χ0) is 22.3. The van der Waals surface area contributed by atoms with Crippen LogP contribution in [-0.4, -0.2) is 30.2 Å². The summed E-state index contributed by atoms with van der Waals surface area (Å²) in [7, 11) is -2.33. The maximum absolute atomic E-state index is 12.8. The van der Waals surface area contributed by atoms with Gasteiger partial charge in [-0.3, -0.25) is 4.57 Å². The van der Waals surface area contributed by atoms with Crippen LogP contribution in [0.1, 0.15) is 36.0 Å². The van der Waals surface area contributed by atoms with Gasteiger partial charge in [-0.2, -0.15) is 4.98 Å². The topological polar surface area (TPSA) is 129 Å². The Balaban J connectivity index is 1.38. The molecule has 5 rings (SSSR count). The number of nitrogens with one attached hydrogen (secondary N) is 1. The van der Waals surface area contributed by atoms with Crippen molar-refractivity contribution >= 4 is 21.1 Å². The molecule has 1 aliphatic rings. The van der Waals surface area contributed by atoms with Crippen LogP contribution in [0.3, 0.4) is 0 Å². The highest BCUT2D eigenvalue weighted by molar-refractivity contribution is 7.89. The molecular weight excluding hydrogens is 436 g/mol. The van der Waals surface area contributed by atoms with Crippen LogP contribution in [0.4, 0.5) is 0 Å². The van der Waals surface area contributed by atoms with E-state index >= 15 is 0 Å². The number of aromatic nitrogens is 3. The summed E-state index contributed by atoms with van der Waals surface area (Å²) in [6, 6.07) is 11.4. The van der Waals surface area contributed by atoms with Gasteiger partial charge in [0.15, 0.2) is 11.4 Å². The van der Waals surface area contributed by atoms with Crippen LogP contribution in [0.15, 0.2) is 61.1 Å². The second kappa shape index (κ2) is 7.92. The fourth-order valence-electron chi connectivity index (χ4n) is 3.44. The van der Waals surface area contributed by atoms with Gasteiger partial charge in [-0.05, 0) is 31.0 Å². The fraction of sp³-hybridized carbons (Fsp3) is 0.286. The predicted octanol–water partition coefficient (Wildman–Crippen LogP) is 2.39. The third-order valence-electron chi connectivity index (χ3n) is 5.31. The molecule has 2 heterocycles. The molecule has 11 heteroatoms. The number of benzene rings is 2. The van der Waals surface area contributed by atoms with Gasteiger partial charge in [-0.1, -0.05) is 23.4 Å². The van der Waals surface area contributed by atoms with Crippen LogP contribution in [0.2, 0.25) is 0 Å². The summed E-state index contributed by atoms with van der Waals surface area (Å²) in [5, 5.41) is 3.92. The molecule has 0 aliphatic heterocycles. The van der Waals surface area contributed by atoms with Gasteiger partial charge in [0.25, 0.3) is 0 Å². The molecule has 1 saturated carbocycles. The maximum Gasteiger partial charge on any atom is 0.420 e. The van der Waals surface area contributed by atoms with Gasteiger partial charge < -0.3 is 13.7 Å². The van der Waals surface area contributed by atoms with E-state index < -0.39 is 15.8 Å². The summed E-state index contributed by atoms with van der Waals surface area (Å²) in [5.74, 6) is 1.21. The second-order valence-electron chi connectivity index (χ2n) is 7.54. The number of nitrogens with zero attached hydrogens (tertiary/aromatic N) is 3. The minimum absolute atomic E-state index is 0.0172. The smallest absolute Gasteiger partial charge is 0.420 e. The Kier molecular flexibility index (Phi) is 5.06. The van der Waals surface area contributed by atoms with Crippen LogP contribution < -0.4 is 15.2 Å². The number of ether oxygens (including phenoxy) is 1. The van der Waals surface area contributed by atoms with Crippen LogP contribution >= 0.6 is 0 Å². The number of para-hydroxylation sites is 1. The molecule has 0 amide bonds. The number of sulfonamides is 1. The normalized spacial score (nSPS) is 14.2. The van der Waals surface area contributed by atoms with Gasteiger partial charge in [0, 0.05) is 24.1 Å². The molecule has 1 fully saturated rings. The number of oxazole rings is 1. The fourth-order valence-corrected chi connectivity index (χ4v) is 4.46. The van der Waals surface area contributed by atoms with Gasteiger partial charge in [-0.25, -0.2) is 17.9 Å². The molecule has 2 aromatic heterocycles. The van der Waals surface area contributed by atoms with Gasteiger partial charge in [0.05, 0.1) is 24.1 Å². The lowest BCUT2D eigenvalue weighted by Gasteiger charge is -2.10. The van der Waals surface area contributed by atoms with Crippen molar-refractivity contribution < 1.29 is 22.1 Å². The lowest BCUT2D eigenvalue weighted by molar-refractivity contribution is 0.372. The first-order valence-corrected chi connectivity index (χ1v) is 11.5. The minimum Gasteiger partial charge on any atom is -0.496 e. The van der Waals surface area contributed by atoms with E-state index in [1.54, 1.807) is 24.3 Å². The van der Waals surface area contributed by atoms with Gasteiger partial charge in [0.2, 0.25) is 15.9 Å². The van der Waals surface area contributed by atoms with Gasteiger partial charge in [-0.15, -0.1) is 0 Å². The monoisotopic (exact) mass is 456 g/mol. The molecule has 10 nitrogen and oxygen atoms in total. The van der Waals surface area contributed by atoms with E-state index in [1.807, 2.05) is 0 Å². The molecule has 0 bridgehead atoms. The molecule has 1 N–H and O–H groups in total. The third kappa shape index (κ3) is 3.92. The SMILES string of the molecule is COc1ccccc1CNS(=O)(=O)c1ccc2c(c1)oc(=O)n2Cc1noc(C2CC2)n1. The Labute approximate surface area is 182 Å². The molecule has 0 saturated heterocycles. The second-order valence-corrected chi connectivity index (χ2v) is 9.31. The van der Waals surface area contributed by atoms with Crippen LogP contribution in [0.25, 0.3) is 11.1 Å². The summed E-state index contributed by atoms with van der Waals surface area (Å²) >= 11 is 0. The Morgan fingerprint density at radius 3 is 2.81 bits per heavy atom. The van der Waals surface area contributed by atoms with Crippen molar-refractivity contribution in [3.63, 3.8) is 0 Å². The highest BCUT2D eigenvalue weighted by Gasteiger charge is 2.29. The standard InChI is InChI=1S/C21H20N4O6S/c1-29-17-5-3-2-4-14(17)11-22-32(27,28)15-8-9-16-18(10-15)30-21(26)25(16)12-19-23-20(31-24-19)13-6-7-13/h2-5,8-10,13,22H,6-7,11-12H2,1H3. The molecule has 4 aromatic rings. The van der Waals surface area contributed by atoms with Crippen molar-refractivity contribution in [1.29, 1.82) is 0 Å². The number of rotatable bonds is 8. The van der Waals surface area contributed by atoms with Crippen LogP contribution in [0, 0.1) is 0 Å². The first-order chi connectivity index (χ1) is 15.4. The number of hydrogen-bond acceptors (Lipinski definition) is 8. The van der Waals surface area contributed by atoms with Crippen molar-refractivity contribution in [1.82, 2.24) is 19.4 Å². The van der Waals surface area contributed by atoms with E-state index in [9.17, 15) is 13.2 Å². The predicted molar refractivity (Wildman–Crippen MR) is 113 cm³/mol. The zero-order valence-electron chi connectivity index (χ0n) is 17.1. The van der Waals surface area contributed by atoms with E-state index in [2.05, 4.69) is 14.9 Å². The van der Waals surface area contributed by atoms with Crippen molar-refractivity contribution in [2.75, 3.05) is 7.11 Å². The van der Waals surface area contributed by atoms with Gasteiger partial charge in [0.1, 0.15) is 5.75 Å². The third-order valence-corrected chi connectivity index (χ3v) is 6.70. The largest absolute Gasteiger partial charge is 0.496 e. The molecule has 0 spiro atoms. The van der Waals surface area contributed by atoms with E-state index in [4.69, 9.17) is 13.7 Å². The summed E-state index contributed by atoms with van der Waals surface area (Å²) in [6.07, 6.45) is 2.05. The Morgan fingerprint density at radius 2 is 2.03 bits per heavy atom. The Bertz CT molecular complexity index is 1450. The average molecular weight is 456 g/mol. The lowest BCUT2D eigenvalue weighted by atomic mass is 10.2. The molecule has 0 unspecified atom stereocenters. The number of fused-ring (bicyclic) bond motifs is 1. The molecule has 166 valence electrons. The van der Waals surface area contributed by atoms with Crippen molar-refractivity contribution in [2.24, 2.45) is 0 Å². The molecule has 1 aliphatic carbocycles. The van der Waals surface area contributed by atoms with Gasteiger partial charge >= 0.3 is 5.76 Å². The van der Waals surface area contributed by atoms with E-state index in [0.29, 0.717) is 34.5 Å². The quantitative estimate of drug-likeness (QED) is 0.428. The number of methoxy groups -OCH3 is 1. The molecule has 0 atom stereocenters.